The maximum Gasteiger partial charge on any atom is 0.234 e. The first-order chi connectivity index (χ1) is 10.2. The lowest BCUT2D eigenvalue weighted by Crippen LogP contribution is -2.14. The fraction of sp³-hybridized carbons (Fsp3) is 0.0625. The minimum Gasteiger partial charge on any atom is -0.361 e. The van der Waals surface area contributed by atoms with E-state index < -0.39 is 0 Å². The van der Waals surface area contributed by atoms with Gasteiger partial charge in [-0.1, -0.05) is 22.0 Å². The van der Waals surface area contributed by atoms with Gasteiger partial charge in [-0.2, -0.15) is 0 Å². The quantitative estimate of drug-likeness (QED) is 0.664. The molecule has 3 nitrogen and oxygen atoms in total. The maximum absolute atomic E-state index is 12.1. The first kappa shape index (κ1) is 14.2. The van der Waals surface area contributed by atoms with Gasteiger partial charge in [-0.25, -0.2) is 0 Å². The second kappa shape index (κ2) is 6.37. The van der Waals surface area contributed by atoms with Crippen molar-refractivity contribution in [2.45, 2.75) is 4.90 Å². The Balaban J connectivity index is 1.64. The zero-order chi connectivity index (χ0) is 14.7. The summed E-state index contributed by atoms with van der Waals surface area (Å²) in [6, 6.07) is 15.7. The van der Waals surface area contributed by atoms with Crippen LogP contribution in [0.25, 0.3) is 10.9 Å². The number of rotatable bonds is 4. The molecule has 0 aliphatic rings. The SMILES string of the molecule is O=C(CSc1ccc(Br)cc1)Nc1cccc2[nH]ccc12. The van der Waals surface area contributed by atoms with E-state index in [1.54, 1.807) is 0 Å². The second-order valence-corrected chi connectivity index (χ2v) is 6.50. The van der Waals surface area contributed by atoms with E-state index in [9.17, 15) is 4.79 Å². The average molecular weight is 361 g/mol. The van der Waals surface area contributed by atoms with E-state index in [2.05, 4.69) is 26.2 Å². The molecule has 0 fully saturated rings. The van der Waals surface area contributed by atoms with Crippen LogP contribution in [0.2, 0.25) is 0 Å². The normalized spacial score (nSPS) is 10.7. The van der Waals surface area contributed by atoms with Crippen molar-refractivity contribution in [3.63, 3.8) is 0 Å². The Morgan fingerprint density at radius 2 is 1.95 bits per heavy atom. The molecule has 1 aromatic heterocycles. The Labute approximate surface area is 135 Å². The summed E-state index contributed by atoms with van der Waals surface area (Å²) >= 11 is 4.92. The van der Waals surface area contributed by atoms with Crippen LogP contribution in [0.15, 0.2) is 64.1 Å². The van der Waals surface area contributed by atoms with Crippen LogP contribution in [0.3, 0.4) is 0 Å². The molecule has 21 heavy (non-hydrogen) atoms. The molecule has 0 spiro atoms. The Morgan fingerprint density at radius 1 is 1.14 bits per heavy atom. The Bertz CT molecular complexity index is 767. The zero-order valence-corrected chi connectivity index (χ0v) is 13.5. The van der Waals surface area contributed by atoms with Crippen LogP contribution in [0.4, 0.5) is 5.69 Å². The van der Waals surface area contributed by atoms with E-state index in [1.165, 1.54) is 11.8 Å². The second-order valence-electron chi connectivity index (χ2n) is 4.54. The van der Waals surface area contributed by atoms with E-state index >= 15 is 0 Å². The summed E-state index contributed by atoms with van der Waals surface area (Å²) < 4.78 is 1.04. The van der Waals surface area contributed by atoms with Crippen LogP contribution in [0.5, 0.6) is 0 Å². The summed E-state index contributed by atoms with van der Waals surface area (Å²) in [5, 5.41) is 3.99. The molecule has 0 radical (unpaired) electrons. The molecule has 0 aliphatic heterocycles. The maximum atomic E-state index is 12.1. The molecule has 0 saturated carbocycles. The van der Waals surface area contributed by atoms with Gasteiger partial charge in [-0.15, -0.1) is 11.8 Å². The van der Waals surface area contributed by atoms with Gasteiger partial charge in [0.25, 0.3) is 0 Å². The average Bonchev–Trinajstić information content (AvgIpc) is 2.96. The number of hydrogen-bond acceptors (Lipinski definition) is 2. The molecule has 0 atom stereocenters. The lowest BCUT2D eigenvalue weighted by Gasteiger charge is -2.06. The van der Waals surface area contributed by atoms with Gasteiger partial charge >= 0.3 is 0 Å². The molecule has 5 heteroatoms. The van der Waals surface area contributed by atoms with Gasteiger partial charge in [0.2, 0.25) is 5.91 Å². The number of carbonyl (C=O) groups excluding carboxylic acids is 1. The monoisotopic (exact) mass is 360 g/mol. The van der Waals surface area contributed by atoms with Gasteiger partial charge in [0.05, 0.1) is 11.4 Å². The number of halogens is 1. The predicted molar refractivity (Wildman–Crippen MR) is 91.8 cm³/mol. The highest BCUT2D eigenvalue weighted by Crippen LogP contribution is 2.24. The van der Waals surface area contributed by atoms with Crippen LogP contribution in [0, 0.1) is 0 Å². The Morgan fingerprint density at radius 3 is 2.76 bits per heavy atom. The highest BCUT2D eigenvalue weighted by molar-refractivity contribution is 9.10. The summed E-state index contributed by atoms with van der Waals surface area (Å²) in [6.07, 6.45) is 1.87. The molecule has 2 aromatic carbocycles. The number of thioether (sulfide) groups is 1. The summed E-state index contributed by atoms with van der Waals surface area (Å²) in [7, 11) is 0. The lowest BCUT2D eigenvalue weighted by atomic mass is 10.2. The van der Waals surface area contributed by atoms with Crippen LogP contribution in [0.1, 0.15) is 0 Å². The fourth-order valence-corrected chi connectivity index (χ4v) is 3.02. The molecule has 106 valence electrons. The highest BCUT2D eigenvalue weighted by atomic mass is 79.9. The number of anilines is 1. The van der Waals surface area contributed by atoms with Gasteiger partial charge in [-0.05, 0) is 42.5 Å². The van der Waals surface area contributed by atoms with E-state index in [0.29, 0.717) is 5.75 Å². The molecular weight excluding hydrogens is 348 g/mol. The number of aromatic amines is 1. The summed E-state index contributed by atoms with van der Waals surface area (Å²) in [5.74, 6) is 0.388. The molecular formula is C16H13BrN2OS. The third-order valence-corrected chi connectivity index (χ3v) is 4.59. The number of hydrogen-bond donors (Lipinski definition) is 2. The molecule has 0 unspecified atom stereocenters. The van der Waals surface area contributed by atoms with Gasteiger partial charge in [-0.3, -0.25) is 4.79 Å². The van der Waals surface area contributed by atoms with Crippen molar-refractivity contribution in [1.29, 1.82) is 0 Å². The van der Waals surface area contributed by atoms with Crippen molar-refractivity contribution in [3.8, 4) is 0 Å². The van der Waals surface area contributed by atoms with E-state index in [0.717, 1.165) is 26.0 Å². The molecule has 3 rings (SSSR count). The van der Waals surface area contributed by atoms with Crippen molar-refractivity contribution < 1.29 is 4.79 Å². The highest BCUT2D eigenvalue weighted by Gasteiger charge is 2.07. The Kier molecular flexibility index (Phi) is 4.31. The first-order valence-electron chi connectivity index (χ1n) is 6.47. The third kappa shape index (κ3) is 3.49. The molecule has 1 heterocycles. The number of benzene rings is 2. The first-order valence-corrected chi connectivity index (χ1v) is 8.24. The fourth-order valence-electron chi connectivity index (χ4n) is 2.06. The van der Waals surface area contributed by atoms with Crippen molar-refractivity contribution in [1.82, 2.24) is 4.98 Å². The van der Waals surface area contributed by atoms with Crippen LogP contribution < -0.4 is 5.32 Å². The van der Waals surface area contributed by atoms with Crippen molar-refractivity contribution in [2.24, 2.45) is 0 Å². The largest absolute Gasteiger partial charge is 0.361 e. The number of fused-ring (bicyclic) bond motifs is 1. The molecule has 0 saturated heterocycles. The number of H-pyrrole nitrogens is 1. The molecule has 2 N–H and O–H groups in total. The molecule has 0 bridgehead atoms. The van der Waals surface area contributed by atoms with Gasteiger partial charge in [0.1, 0.15) is 0 Å². The lowest BCUT2D eigenvalue weighted by molar-refractivity contribution is -0.113. The number of nitrogens with one attached hydrogen (secondary N) is 2. The van der Waals surface area contributed by atoms with E-state index in [-0.39, 0.29) is 5.91 Å². The van der Waals surface area contributed by atoms with Gasteiger partial charge < -0.3 is 10.3 Å². The van der Waals surface area contributed by atoms with Crippen molar-refractivity contribution >= 4 is 50.2 Å². The van der Waals surface area contributed by atoms with Gasteiger partial charge in [0.15, 0.2) is 0 Å². The number of amides is 1. The van der Waals surface area contributed by atoms with E-state index in [1.807, 2.05) is 54.7 Å². The zero-order valence-electron chi connectivity index (χ0n) is 11.1. The summed E-state index contributed by atoms with van der Waals surface area (Å²) in [5.41, 5.74) is 1.86. The standard InChI is InChI=1S/C16H13BrN2OS/c17-11-4-6-12(7-5-11)21-10-16(20)19-15-3-1-2-14-13(15)8-9-18-14/h1-9,18H,10H2,(H,19,20). The number of aromatic nitrogens is 1. The van der Waals surface area contributed by atoms with Gasteiger partial charge in [0, 0.05) is 26.5 Å². The van der Waals surface area contributed by atoms with Crippen LogP contribution >= 0.6 is 27.7 Å². The molecule has 3 aromatic rings. The molecule has 0 aliphatic carbocycles. The predicted octanol–water partition coefficient (Wildman–Crippen LogP) is 4.66. The number of carbonyl (C=O) groups is 1. The van der Waals surface area contributed by atoms with E-state index in [4.69, 9.17) is 0 Å². The summed E-state index contributed by atoms with van der Waals surface area (Å²) in [4.78, 5) is 16.3. The minimum absolute atomic E-state index is 0.00313. The minimum atomic E-state index is -0.00313. The smallest absolute Gasteiger partial charge is 0.234 e. The van der Waals surface area contributed by atoms with Crippen LogP contribution in [-0.4, -0.2) is 16.6 Å². The third-order valence-electron chi connectivity index (χ3n) is 3.05. The van der Waals surface area contributed by atoms with Crippen LogP contribution in [-0.2, 0) is 4.79 Å². The Hall–Kier alpha value is -1.72. The molecule has 1 amide bonds. The summed E-state index contributed by atoms with van der Waals surface area (Å²) in [6.45, 7) is 0. The van der Waals surface area contributed by atoms with Crippen molar-refractivity contribution in [3.05, 3.63) is 59.2 Å². The van der Waals surface area contributed by atoms with Crippen molar-refractivity contribution in [2.75, 3.05) is 11.1 Å². The topological polar surface area (TPSA) is 44.9 Å².